The summed E-state index contributed by atoms with van der Waals surface area (Å²) < 4.78 is 18.1. The van der Waals surface area contributed by atoms with Crippen molar-refractivity contribution in [3.8, 4) is 0 Å². The lowest BCUT2D eigenvalue weighted by molar-refractivity contribution is 0.0523. The van der Waals surface area contributed by atoms with E-state index >= 15 is 0 Å². The molecule has 1 aromatic rings. The van der Waals surface area contributed by atoms with E-state index in [4.69, 9.17) is 14.8 Å². The molecule has 7 heteroatoms. The number of benzene rings is 1. The smallest absolute Gasteiger partial charge is 0.444 e. The van der Waals surface area contributed by atoms with Crippen LogP contribution in [0.15, 0.2) is 18.2 Å². The number of halogens is 1. The van der Waals surface area contributed by atoms with Gasteiger partial charge < -0.3 is 20.1 Å². The minimum absolute atomic E-state index is 0.0559. The largest absolute Gasteiger partial charge is 0.488 e. The number of nitrogens with one attached hydrogen (secondary N) is 1. The maximum absolute atomic E-state index is 13.1. The normalized spacial score (nSPS) is 11.1. The Morgan fingerprint density at radius 3 is 2.58 bits per heavy atom. The van der Waals surface area contributed by atoms with Crippen molar-refractivity contribution in [1.82, 2.24) is 5.32 Å². The van der Waals surface area contributed by atoms with E-state index in [-0.39, 0.29) is 17.6 Å². The number of hydrogen-bond acceptors (Lipinski definition) is 4. The lowest BCUT2D eigenvalue weighted by atomic mass is 9.77. The first-order valence-electron chi connectivity index (χ1n) is 5.80. The third-order valence-corrected chi connectivity index (χ3v) is 2.21. The fourth-order valence-electron chi connectivity index (χ4n) is 1.46. The van der Waals surface area contributed by atoms with Crippen LogP contribution in [0.5, 0.6) is 0 Å². The predicted molar refractivity (Wildman–Crippen MR) is 69.3 cm³/mol. The first-order valence-corrected chi connectivity index (χ1v) is 5.80. The van der Waals surface area contributed by atoms with Crippen LogP contribution in [0.3, 0.4) is 0 Å². The van der Waals surface area contributed by atoms with Crippen molar-refractivity contribution < 1.29 is 24.0 Å². The average molecular weight is 269 g/mol. The summed E-state index contributed by atoms with van der Waals surface area (Å²) in [6, 6.07) is 3.50. The van der Waals surface area contributed by atoms with Crippen LogP contribution in [0.25, 0.3) is 0 Å². The molecule has 0 unspecified atom stereocenters. The van der Waals surface area contributed by atoms with E-state index in [1.54, 1.807) is 20.8 Å². The molecule has 0 bridgehead atoms. The highest BCUT2D eigenvalue weighted by Gasteiger charge is 2.19. The molecule has 0 fully saturated rings. The van der Waals surface area contributed by atoms with Crippen molar-refractivity contribution in [2.75, 3.05) is 0 Å². The maximum atomic E-state index is 13.1. The van der Waals surface area contributed by atoms with Gasteiger partial charge in [0.15, 0.2) is 0 Å². The Morgan fingerprint density at radius 1 is 1.42 bits per heavy atom. The van der Waals surface area contributed by atoms with Gasteiger partial charge in [0.1, 0.15) is 11.4 Å². The standard InChI is InChI=1S/C12H17BFNO4/c1-12(2,3)19-11(16)15-7-8-6-9(14)4-5-10(8)13(17)18/h4-6,17-18H,7H2,1-3H3,(H,15,16). The van der Waals surface area contributed by atoms with Gasteiger partial charge in [0, 0.05) is 6.54 Å². The average Bonchev–Trinajstić information content (AvgIpc) is 2.23. The third kappa shape index (κ3) is 5.27. The highest BCUT2D eigenvalue weighted by Crippen LogP contribution is 2.07. The summed E-state index contributed by atoms with van der Waals surface area (Å²) in [6.07, 6.45) is -0.657. The van der Waals surface area contributed by atoms with Gasteiger partial charge in [0.25, 0.3) is 0 Å². The molecule has 0 aliphatic carbocycles. The van der Waals surface area contributed by atoms with E-state index in [9.17, 15) is 9.18 Å². The van der Waals surface area contributed by atoms with Gasteiger partial charge in [-0.05, 0) is 43.9 Å². The molecule has 0 heterocycles. The minimum atomic E-state index is -1.73. The highest BCUT2D eigenvalue weighted by molar-refractivity contribution is 6.59. The van der Waals surface area contributed by atoms with Crippen LogP contribution in [0, 0.1) is 5.82 Å². The Balaban J connectivity index is 2.72. The molecule has 0 aliphatic rings. The van der Waals surface area contributed by atoms with Gasteiger partial charge in [0.05, 0.1) is 0 Å². The molecule has 0 spiro atoms. The van der Waals surface area contributed by atoms with E-state index in [1.165, 1.54) is 6.07 Å². The Hall–Kier alpha value is -1.60. The van der Waals surface area contributed by atoms with Crippen LogP contribution < -0.4 is 10.8 Å². The molecule has 1 aromatic carbocycles. The molecular weight excluding hydrogens is 252 g/mol. The van der Waals surface area contributed by atoms with E-state index in [0.29, 0.717) is 0 Å². The lowest BCUT2D eigenvalue weighted by Crippen LogP contribution is -2.37. The molecule has 0 saturated heterocycles. The van der Waals surface area contributed by atoms with Gasteiger partial charge in [-0.25, -0.2) is 9.18 Å². The third-order valence-electron chi connectivity index (χ3n) is 2.21. The quantitative estimate of drug-likeness (QED) is 0.699. The van der Waals surface area contributed by atoms with E-state index in [0.717, 1.165) is 12.1 Å². The number of hydrogen-bond donors (Lipinski definition) is 3. The second-order valence-corrected chi connectivity index (χ2v) is 5.07. The fraction of sp³-hybridized carbons (Fsp3) is 0.417. The molecular formula is C12H17BFNO4. The molecule has 0 radical (unpaired) electrons. The summed E-state index contributed by atoms with van der Waals surface area (Å²) in [4.78, 5) is 11.4. The highest BCUT2D eigenvalue weighted by atomic mass is 19.1. The van der Waals surface area contributed by atoms with Crippen LogP contribution in [0.2, 0.25) is 0 Å². The zero-order chi connectivity index (χ0) is 14.6. The molecule has 0 aromatic heterocycles. The second kappa shape index (κ2) is 6.03. The van der Waals surface area contributed by atoms with Gasteiger partial charge in [-0.3, -0.25) is 0 Å². The minimum Gasteiger partial charge on any atom is -0.444 e. The van der Waals surface area contributed by atoms with Crippen LogP contribution in [-0.2, 0) is 11.3 Å². The zero-order valence-corrected chi connectivity index (χ0v) is 11.1. The van der Waals surface area contributed by atoms with Crippen molar-refractivity contribution in [3.05, 3.63) is 29.6 Å². The van der Waals surface area contributed by atoms with E-state index in [2.05, 4.69) is 5.32 Å². The summed E-state index contributed by atoms with van der Waals surface area (Å²) in [5.41, 5.74) is -0.218. The molecule has 0 atom stereocenters. The molecule has 1 amide bonds. The van der Waals surface area contributed by atoms with E-state index < -0.39 is 24.6 Å². The van der Waals surface area contributed by atoms with Gasteiger partial charge in [-0.2, -0.15) is 0 Å². The van der Waals surface area contributed by atoms with E-state index in [1.807, 2.05) is 0 Å². The monoisotopic (exact) mass is 269 g/mol. The molecule has 5 nitrogen and oxygen atoms in total. The van der Waals surface area contributed by atoms with Crippen molar-refractivity contribution in [2.24, 2.45) is 0 Å². The lowest BCUT2D eigenvalue weighted by Gasteiger charge is -2.20. The number of carbonyl (C=O) groups excluding carboxylic acids is 1. The van der Waals surface area contributed by atoms with Crippen LogP contribution in [0.4, 0.5) is 9.18 Å². The second-order valence-electron chi connectivity index (χ2n) is 5.07. The summed E-state index contributed by atoms with van der Waals surface area (Å²) in [6.45, 7) is 5.10. The molecule has 0 aliphatic heterocycles. The number of rotatable bonds is 3. The van der Waals surface area contributed by atoms with Crippen molar-refractivity contribution in [3.63, 3.8) is 0 Å². The molecule has 19 heavy (non-hydrogen) atoms. The number of ether oxygens (including phenoxy) is 1. The summed E-state index contributed by atoms with van der Waals surface area (Å²) in [7, 11) is -1.73. The Bertz CT molecular complexity index is 460. The topological polar surface area (TPSA) is 78.8 Å². The Morgan fingerprint density at radius 2 is 2.05 bits per heavy atom. The van der Waals surface area contributed by atoms with Gasteiger partial charge in [-0.15, -0.1) is 0 Å². The molecule has 104 valence electrons. The van der Waals surface area contributed by atoms with Crippen molar-refractivity contribution in [1.29, 1.82) is 0 Å². The van der Waals surface area contributed by atoms with Crippen molar-refractivity contribution in [2.45, 2.75) is 32.9 Å². The first kappa shape index (κ1) is 15.5. The fourth-order valence-corrected chi connectivity index (χ4v) is 1.46. The molecule has 0 saturated carbocycles. The summed E-state index contributed by atoms with van der Waals surface area (Å²) in [5.74, 6) is -0.523. The van der Waals surface area contributed by atoms with Crippen molar-refractivity contribution >= 4 is 18.7 Å². The van der Waals surface area contributed by atoms with Gasteiger partial charge in [-0.1, -0.05) is 6.07 Å². The van der Waals surface area contributed by atoms with Gasteiger partial charge in [0.2, 0.25) is 0 Å². The maximum Gasteiger partial charge on any atom is 0.488 e. The Kier molecular flexibility index (Phi) is 4.91. The summed E-state index contributed by atoms with van der Waals surface area (Å²) in [5, 5.41) is 20.7. The SMILES string of the molecule is CC(C)(C)OC(=O)NCc1cc(F)ccc1B(O)O. The number of alkyl carbamates (subject to hydrolysis) is 1. The Labute approximate surface area is 111 Å². The molecule has 1 rings (SSSR count). The van der Waals surface area contributed by atoms with Crippen LogP contribution >= 0.6 is 0 Å². The first-order chi connectivity index (χ1) is 8.69. The van der Waals surface area contributed by atoms with Crippen LogP contribution in [-0.4, -0.2) is 28.9 Å². The number of amides is 1. The van der Waals surface area contributed by atoms with Crippen LogP contribution in [0.1, 0.15) is 26.3 Å². The molecule has 3 N–H and O–H groups in total. The zero-order valence-electron chi connectivity index (χ0n) is 11.1. The number of carbonyl (C=O) groups is 1. The summed E-state index contributed by atoms with van der Waals surface area (Å²) >= 11 is 0. The predicted octanol–water partition coefficient (Wildman–Crippen LogP) is 0.530. The van der Waals surface area contributed by atoms with Gasteiger partial charge >= 0.3 is 13.2 Å².